The molecule has 0 amide bonds. The summed E-state index contributed by atoms with van der Waals surface area (Å²) < 4.78 is 10.6. The van der Waals surface area contributed by atoms with Crippen LogP contribution in [0.25, 0.3) is 0 Å². The van der Waals surface area contributed by atoms with Gasteiger partial charge in [0.05, 0.1) is 25.9 Å². The van der Waals surface area contributed by atoms with E-state index in [0.29, 0.717) is 13.0 Å². The normalized spacial score (nSPS) is 23.4. The van der Waals surface area contributed by atoms with E-state index >= 15 is 0 Å². The Kier molecular flexibility index (Phi) is 4.22. The second-order valence-electron chi connectivity index (χ2n) is 4.94. The minimum Gasteiger partial charge on any atom is -0.497 e. The lowest BCUT2D eigenvalue weighted by Gasteiger charge is -2.32. The highest BCUT2D eigenvalue weighted by Crippen LogP contribution is 2.28. The molecule has 1 aliphatic rings. The second kappa shape index (κ2) is 5.69. The highest BCUT2D eigenvalue weighted by Gasteiger charge is 2.28. The van der Waals surface area contributed by atoms with Crippen LogP contribution in [-0.2, 0) is 10.3 Å². The number of aliphatic hydroxyl groups is 1. The summed E-state index contributed by atoms with van der Waals surface area (Å²) in [5.41, 5.74) is -0.0124. The van der Waals surface area contributed by atoms with Crippen LogP contribution >= 0.6 is 0 Å². The first-order chi connectivity index (χ1) is 8.62. The lowest BCUT2D eigenvalue weighted by Crippen LogP contribution is -2.45. The van der Waals surface area contributed by atoms with Gasteiger partial charge in [-0.25, -0.2) is 0 Å². The van der Waals surface area contributed by atoms with Crippen molar-refractivity contribution in [1.29, 1.82) is 0 Å². The smallest absolute Gasteiger partial charge is 0.119 e. The van der Waals surface area contributed by atoms with E-state index < -0.39 is 5.60 Å². The average Bonchev–Trinajstić information content (AvgIpc) is 2.39. The third-order valence-electron chi connectivity index (χ3n) is 3.33. The minimum absolute atomic E-state index is 0.194. The zero-order chi connectivity index (χ0) is 13.0. The Morgan fingerprint density at radius 3 is 3.06 bits per heavy atom. The van der Waals surface area contributed by atoms with Crippen LogP contribution in [0.2, 0.25) is 0 Å². The molecule has 0 saturated carbocycles. The van der Waals surface area contributed by atoms with Gasteiger partial charge in [0.1, 0.15) is 5.75 Å². The van der Waals surface area contributed by atoms with Gasteiger partial charge >= 0.3 is 0 Å². The fourth-order valence-electron chi connectivity index (χ4n) is 2.31. The van der Waals surface area contributed by atoms with Crippen molar-refractivity contribution < 1.29 is 14.6 Å². The molecular formula is C14H21NO3. The molecule has 100 valence electrons. The van der Waals surface area contributed by atoms with E-state index in [1.54, 1.807) is 7.11 Å². The zero-order valence-electron chi connectivity index (χ0n) is 11.0. The van der Waals surface area contributed by atoms with Gasteiger partial charge in [0, 0.05) is 12.6 Å². The largest absolute Gasteiger partial charge is 0.497 e. The summed E-state index contributed by atoms with van der Waals surface area (Å²) >= 11 is 0. The fourth-order valence-corrected chi connectivity index (χ4v) is 2.31. The van der Waals surface area contributed by atoms with E-state index in [4.69, 9.17) is 9.47 Å². The summed E-state index contributed by atoms with van der Waals surface area (Å²) in [6, 6.07) is 7.77. The number of nitrogens with one attached hydrogen (secondary N) is 1. The van der Waals surface area contributed by atoms with E-state index in [1.807, 2.05) is 31.2 Å². The molecule has 0 spiro atoms. The average molecular weight is 251 g/mol. The molecule has 0 aliphatic carbocycles. The molecule has 2 unspecified atom stereocenters. The maximum atomic E-state index is 10.6. The molecule has 1 fully saturated rings. The van der Waals surface area contributed by atoms with Crippen LogP contribution in [0.4, 0.5) is 0 Å². The first kappa shape index (κ1) is 13.3. The number of hydrogen-bond acceptors (Lipinski definition) is 4. The van der Waals surface area contributed by atoms with Gasteiger partial charge in [0.2, 0.25) is 0 Å². The SMILES string of the molecule is COc1cccc(C(C)(O)CC2COCCN2)c1. The number of rotatable bonds is 4. The van der Waals surface area contributed by atoms with Crippen LogP contribution in [-0.4, -0.2) is 38.0 Å². The molecule has 1 aromatic rings. The number of hydrogen-bond donors (Lipinski definition) is 2. The molecule has 0 radical (unpaired) electrons. The number of morpholine rings is 1. The zero-order valence-corrected chi connectivity index (χ0v) is 11.0. The van der Waals surface area contributed by atoms with E-state index in [1.165, 1.54) is 0 Å². The van der Waals surface area contributed by atoms with Gasteiger partial charge in [-0.1, -0.05) is 12.1 Å². The first-order valence-corrected chi connectivity index (χ1v) is 6.30. The van der Waals surface area contributed by atoms with Crippen molar-refractivity contribution in [1.82, 2.24) is 5.32 Å². The molecular weight excluding hydrogens is 230 g/mol. The molecule has 1 aliphatic heterocycles. The fraction of sp³-hybridized carbons (Fsp3) is 0.571. The van der Waals surface area contributed by atoms with Gasteiger partial charge in [-0.15, -0.1) is 0 Å². The molecule has 1 heterocycles. The Bertz CT molecular complexity index is 386. The lowest BCUT2D eigenvalue weighted by molar-refractivity contribution is 0.00311. The van der Waals surface area contributed by atoms with Gasteiger partial charge in [0.25, 0.3) is 0 Å². The highest BCUT2D eigenvalue weighted by atomic mass is 16.5. The maximum absolute atomic E-state index is 10.6. The molecule has 1 aromatic carbocycles. The third kappa shape index (κ3) is 3.22. The minimum atomic E-state index is -0.882. The molecule has 0 bridgehead atoms. The lowest BCUT2D eigenvalue weighted by atomic mass is 9.89. The van der Waals surface area contributed by atoms with Crippen molar-refractivity contribution >= 4 is 0 Å². The Morgan fingerprint density at radius 1 is 1.56 bits per heavy atom. The van der Waals surface area contributed by atoms with Crippen LogP contribution in [0.5, 0.6) is 5.75 Å². The Morgan fingerprint density at radius 2 is 2.39 bits per heavy atom. The Hall–Kier alpha value is -1.10. The second-order valence-corrected chi connectivity index (χ2v) is 4.94. The Balaban J connectivity index is 2.08. The topological polar surface area (TPSA) is 50.7 Å². The molecule has 4 nitrogen and oxygen atoms in total. The molecule has 4 heteroatoms. The van der Waals surface area contributed by atoms with E-state index in [9.17, 15) is 5.11 Å². The van der Waals surface area contributed by atoms with E-state index in [2.05, 4.69) is 5.32 Å². The van der Waals surface area contributed by atoms with Gasteiger partial charge in [-0.05, 0) is 31.0 Å². The van der Waals surface area contributed by atoms with Gasteiger partial charge in [-0.2, -0.15) is 0 Å². The van der Waals surface area contributed by atoms with Crippen molar-refractivity contribution in [3.63, 3.8) is 0 Å². The van der Waals surface area contributed by atoms with E-state index in [-0.39, 0.29) is 6.04 Å². The Labute approximate surface area is 108 Å². The molecule has 0 aromatic heterocycles. The quantitative estimate of drug-likeness (QED) is 0.846. The monoisotopic (exact) mass is 251 g/mol. The van der Waals surface area contributed by atoms with Crippen LogP contribution in [0.3, 0.4) is 0 Å². The van der Waals surface area contributed by atoms with Crippen molar-refractivity contribution in [2.45, 2.75) is 25.0 Å². The van der Waals surface area contributed by atoms with Crippen LogP contribution in [0.1, 0.15) is 18.9 Å². The number of ether oxygens (including phenoxy) is 2. The van der Waals surface area contributed by atoms with Crippen LogP contribution in [0.15, 0.2) is 24.3 Å². The van der Waals surface area contributed by atoms with Crippen LogP contribution in [0, 0.1) is 0 Å². The summed E-state index contributed by atoms with van der Waals surface area (Å²) in [6.45, 7) is 4.08. The summed E-state index contributed by atoms with van der Waals surface area (Å²) in [4.78, 5) is 0. The maximum Gasteiger partial charge on any atom is 0.119 e. The van der Waals surface area contributed by atoms with Crippen LogP contribution < -0.4 is 10.1 Å². The van der Waals surface area contributed by atoms with E-state index in [0.717, 1.165) is 24.5 Å². The van der Waals surface area contributed by atoms with Crippen molar-refractivity contribution in [2.24, 2.45) is 0 Å². The van der Waals surface area contributed by atoms with Crippen molar-refractivity contribution in [2.75, 3.05) is 26.9 Å². The predicted molar refractivity (Wildman–Crippen MR) is 69.8 cm³/mol. The molecule has 2 rings (SSSR count). The first-order valence-electron chi connectivity index (χ1n) is 6.30. The molecule has 2 atom stereocenters. The van der Waals surface area contributed by atoms with Gasteiger partial charge < -0.3 is 19.9 Å². The highest BCUT2D eigenvalue weighted by molar-refractivity contribution is 5.32. The molecule has 18 heavy (non-hydrogen) atoms. The summed E-state index contributed by atoms with van der Waals surface area (Å²) in [5.74, 6) is 0.764. The molecule has 1 saturated heterocycles. The van der Waals surface area contributed by atoms with Crippen molar-refractivity contribution in [3.8, 4) is 5.75 Å². The number of methoxy groups -OCH3 is 1. The van der Waals surface area contributed by atoms with Gasteiger partial charge in [0.15, 0.2) is 0 Å². The third-order valence-corrected chi connectivity index (χ3v) is 3.33. The summed E-state index contributed by atoms with van der Waals surface area (Å²) in [5, 5.41) is 14.0. The summed E-state index contributed by atoms with van der Waals surface area (Å²) in [7, 11) is 1.63. The number of benzene rings is 1. The molecule has 2 N–H and O–H groups in total. The predicted octanol–water partition coefficient (Wildman–Crippen LogP) is 1.28. The summed E-state index contributed by atoms with van der Waals surface area (Å²) in [6.07, 6.45) is 0.625. The standard InChI is InChI=1S/C14H21NO3/c1-14(16,9-12-10-18-7-6-15-12)11-4-3-5-13(8-11)17-2/h3-5,8,12,15-16H,6-7,9-10H2,1-2H3. The van der Waals surface area contributed by atoms with Crippen molar-refractivity contribution in [3.05, 3.63) is 29.8 Å². The van der Waals surface area contributed by atoms with Gasteiger partial charge in [-0.3, -0.25) is 0 Å².